The molecule has 0 fully saturated rings. The molecular weight excluding hydrogens is 339 g/mol. The van der Waals surface area contributed by atoms with Crippen LogP contribution in [0.25, 0.3) is 0 Å². The summed E-state index contributed by atoms with van der Waals surface area (Å²) in [6, 6.07) is 8.24. The zero-order valence-corrected chi connectivity index (χ0v) is 13.3. The summed E-state index contributed by atoms with van der Waals surface area (Å²) < 4.78 is 0.935. The Balaban J connectivity index is 2.39. The average molecular weight is 350 g/mol. The van der Waals surface area contributed by atoms with Gasteiger partial charge in [-0.2, -0.15) is 0 Å². The van der Waals surface area contributed by atoms with Gasteiger partial charge in [0.2, 0.25) is 0 Å². The SMILES string of the molecule is Cc1ccc(C(Cl)c2cc(Cl)c(Br)s2)c(C)c1. The summed E-state index contributed by atoms with van der Waals surface area (Å²) in [7, 11) is 0. The van der Waals surface area contributed by atoms with Crippen LogP contribution in [0.5, 0.6) is 0 Å². The predicted molar refractivity (Wildman–Crippen MR) is 80.6 cm³/mol. The van der Waals surface area contributed by atoms with Gasteiger partial charge >= 0.3 is 0 Å². The minimum Gasteiger partial charge on any atom is -0.130 e. The molecule has 1 atom stereocenters. The maximum Gasteiger partial charge on any atom is 0.0931 e. The third-order valence-electron chi connectivity index (χ3n) is 2.61. The van der Waals surface area contributed by atoms with Crippen molar-refractivity contribution in [3.05, 3.63) is 54.6 Å². The van der Waals surface area contributed by atoms with Gasteiger partial charge in [0.15, 0.2) is 0 Å². The summed E-state index contributed by atoms with van der Waals surface area (Å²) >= 11 is 17.5. The van der Waals surface area contributed by atoms with Crippen molar-refractivity contribution < 1.29 is 0 Å². The topological polar surface area (TPSA) is 0 Å². The number of alkyl halides is 1. The molecule has 0 N–H and O–H groups in total. The molecule has 0 saturated carbocycles. The number of halogens is 3. The van der Waals surface area contributed by atoms with Gasteiger partial charge in [0.05, 0.1) is 14.2 Å². The zero-order chi connectivity index (χ0) is 12.6. The molecule has 0 amide bonds. The quantitative estimate of drug-likeness (QED) is 0.574. The number of aryl methyl sites for hydroxylation is 2. The summed E-state index contributed by atoms with van der Waals surface area (Å²) in [6.45, 7) is 4.17. The second-order valence-corrected chi connectivity index (χ2v) is 7.24. The Bertz CT molecular complexity index is 529. The summed E-state index contributed by atoms with van der Waals surface area (Å²) in [4.78, 5) is 1.07. The first kappa shape index (κ1) is 13.4. The molecule has 0 aliphatic heterocycles. The molecule has 4 heteroatoms. The van der Waals surface area contributed by atoms with E-state index in [1.54, 1.807) is 11.3 Å². The third-order valence-corrected chi connectivity index (χ3v) is 5.75. The van der Waals surface area contributed by atoms with E-state index in [0.717, 1.165) is 19.2 Å². The van der Waals surface area contributed by atoms with Crippen molar-refractivity contribution in [3.8, 4) is 0 Å². The van der Waals surface area contributed by atoms with Crippen molar-refractivity contribution in [1.82, 2.24) is 0 Å². The van der Waals surface area contributed by atoms with E-state index < -0.39 is 0 Å². The Morgan fingerprint density at radius 3 is 2.47 bits per heavy atom. The third kappa shape index (κ3) is 2.87. The van der Waals surface area contributed by atoms with Gasteiger partial charge in [-0.05, 0) is 47.0 Å². The fraction of sp³-hybridized carbons (Fsp3) is 0.231. The van der Waals surface area contributed by atoms with E-state index in [0.29, 0.717) is 0 Å². The van der Waals surface area contributed by atoms with Gasteiger partial charge in [-0.1, -0.05) is 35.4 Å². The Morgan fingerprint density at radius 1 is 1.24 bits per heavy atom. The predicted octanol–water partition coefficient (Wildman–Crippen LogP) is 6.11. The minimum atomic E-state index is -0.135. The molecule has 0 spiro atoms. The van der Waals surface area contributed by atoms with Gasteiger partial charge in [0.1, 0.15) is 0 Å². The lowest BCUT2D eigenvalue weighted by Crippen LogP contribution is -1.94. The monoisotopic (exact) mass is 348 g/mol. The largest absolute Gasteiger partial charge is 0.130 e. The fourth-order valence-electron chi connectivity index (χ4n) is 1.75. The Labute approximate surface area is 124 Å². The number of benzene rings is 1. The van der Waals surface area contributed by atoms with Crippen molar-refractivity contribution in [3.63, 3.8) is 0 Å². The summed E-state index contributed by atoms with van der Waals surface area (Å²) in [5.41, 5.74) is 3.61. The molecule has 1 unspecified atom stereocenters. The van der Waals surface area contributed by atoms with Crippen LogP contribution in [-0.2, 0) is 0 Å². The number of hydrogen-bond acceptors (Lipinski definition) is 1. The van der Waals surface area contributed by atoms with E-state index in [9.17, 15) is 0 Å². The highest BCUT2D eigenvalue weighted by Crippen LogP contribution is 2.41. The lowest BCUT2D eigenvalue weighted by molar-refractivity contribution is 1.14. The first-order valence-corrected chi connectivity index (χ1v) is 7.57. The first-order chi connectivity index (χ1) is 7.99. The van der Waals surface area contributed by atoms with Gasteiger partial charge in [-0.3, -0.25) is 0 Å². The van der Waals surface area contributed by atoms with Crippen LogP contribution >= 0.6 is 50.5 Å². The van der Waals surface area contributed by atoms with Crippen LogP contribution in [0.4, 0.5) is 0 Å². The Kier molecular flexibility index (Phi) is 4.19. The van der Waals surface area contributed by atoms with E-state index in [2.05, 4.69) is 48.0 Å². The van der Waals surface area contributed by atoms with E-state index in [1.165, 1.54) is 11.1 Å². The molecule has 0 radical (unpaired) electrons. The average Bonchev–Trinajstić information content (AvgIpc) is 2.58. The van der Waals surface area contributed by atoms with E-state index in [-0.39, 0.29) is 5.38 Å². The Morgan fingerprint density at radius 2 is 1.94 bits per heavy atom. The summed E-state index contributed by atoms with van der Waals surface area (Å²) in [5, 5.41) is 0.588. The molecule has 0 nitrogen and oxygen atoms in total. The summed E-state index contributed by atoms with van der Waals surface area (Å²) in [5.74, 6) is 0. The molecule has 1 heterocycles. The molecule has 1 aromatic heterocycles. The van der Waals surface area contributed by atoms with Crippen LogP contribution in [-0.4, -0.2) is 0 Å². The van der Waals surface area contributed by atoms with Gasteiger partial charge in [0.25, 0.3) is 0 Å². The molecular formula is C13H11BrCl2S. The van der Waals surface area contributed by atoms with E-state index >= 15 is 0 Å². The lowest BCUT2D eigenvalue weighted by atomic mass is 10.0. The van der Waals surface area contributed by atoms with E-state index in [1.807, 2.05) is 6.07 Å². The van der Waals surface area contributed by atoms with Crippen LogP contribution in [0.1, 0.15) is 26.9 Å². The highest BCUT2D eigenvalue weighted by atomic mass is 79.9. The minimum absolute atomic E-state index is 0.135. The summed E-state index contributed by atoms with van der Waals surface area (Å²) in [6.07, 6.45) is 0. The zero-order valence-electron chi connectivity index (χ0n) is 9.43. The molecule has 2 aromatic rings. The van der Waals surface area contributed by atoms with Crippen molar-refractivity contribution in [2.24, 2.45) is 0 Å². The van der Waals surface area contributed by atoms with Gasteiger partial charge in [0, 0.05) is 4.88 Å². The fourth-order valence-corrected chi connectivity index (χ4v) is 3.94. The highest BCUT2D eigenvalue weighted by Gasteiger charge is 2.17. The molecule has 2 rings (SSSR count). The molecule has 0 saturated heterocycles. The van der Waals surface area contributed by atoms with E-state index in [4.69, 9.17) is 23.2 Å². The number of rotatable bonds is 2. The van der Waals surface area contributed by atoms with Gasteiger partial charge in [-0.25, -0.2) is 0 Å². The molecule has 90 valence electrons. The second kappa shape index (κ2) is 5.31. The maximum absolute atomic E-state index is 6.51. The van der Waals surface area contributed by atoms with Crippen LogP contribution < -0.4 is 0 Å². The molecule has 0 bridgehead atoms. The van der Waals surface area contributed by atoms with Crippen molar-refractivity contribution in [1.29, 1.82) is 0 Å². The standard InChI is InChI=1S/C13H11BrCl2S/c1-7-3-4-9(8(2)5-7)12(16)11-6-10(15)13(14)17-11/h3-6,12H,1-2H3. The van der Waals surface area contributed by atoms with Crippen molar-refractivity contribution in [2.45, 2.75) is 19.2 Å². The van der Waals surface area contributed by atoms with Crippen LogP contribution in [0.2, 0.25) is 5.02 Å². The molecule has 0 aliphatic rings. The molecule has 1 aromatic carbocycles. The smallest absolute Gasteiger partial charge is 0.0931 e. The second-order valence-electron chi connectivity index (χ2n) is 3.99. The first-order valence-electron chi connectivity index (χ1n) is 5.15. The Hall–Kier alpha value is -0.0200. The molecule has 17 heavy (non-hydrogen) atoms. The van der Waals surface area contributed by atoms with Gasteiger partial charge < -0.3 is 0 Å². The normalized spacial score (nSPS) is 12.8. The maximum atomic E-state index is 6.51. The van der Waals surface area contributed by atoms with Crippen molar-refractivity contribution >= 4 is 50.5 Å². The van der Waals surface area contributed by atoms with Crippen LogP contribution in [0.3, 0.4) is 0 Å². The van der Waals surface area contributed by atoms with Crippen LogP contribution in [0, 0.1) is 13.8 Å². The van der Waals surface area contributed by atoms with Gasteiger partial charge in [-0.15, -0.1) is 22.9 Å². The number of hydrogen-bond donors (Lipinski definition) is 0. The lowest BCUT2D eigenvalue weighted by Gasteiger charge is -2.11. The molecule has 0 aliphatic carbocycles. The highest BCUT2D eigenvalue weighted by molar-refractivity contribution is 9.11. The van der Waals surface area contributed by atoms with Crippen molar-refractivity contribution in [2.75, 3.05) is 0 Å². The van der Waals surface area contributed by atoms with Crippen LogP contribution in [0.15, 0.2) is 28.1 Å². The number of thiophene rings is 1.